The van der Waals surface area contributed by atoms with Crippen LogP contribution in [0.2, 0.25) is 0 Å². The minimum atomic E-state index is 0.554. The molecule has 2 rings (SSSR count). The van der Waals surface area contributed by atoms with E-state index in [2.05, 4.69) is 68.8 Å². The maximum Gasteiger partial charge on any atom is 0.0510 e. The van der Waals surface area contributed by atoms with E-state index in [9.17, 15) is 0 Å². The van der Waals surface area contributed by atoms with Gasteiger partial charge in [0.05, 0.1) is 5.69 Å². The summed E-state index contributed by atoms with van der Waals surface area (Å²) >= 11 is 7.21. The smallest absolute Gasteiger partial charge is 0.0510 e. The number of hydrogen-bond acceptors (Lipinski definition) is 1. The molecule has 0 bridgehead atoms. The first-order chi connectivity index (χ1) is 8.58. The van der Waals surface area contributed by atoms with Crippen molar-refractivity contribution >= 4 is 37.5 Å². The molecular formula is C15H21Br2N. The molecule has 18 heavy (non-hydrogen) atoms. The van der Waals surface area contributed by atoms with Crippen LogP contribution in [-0.2, 0) is 5.33 Å². The van der Waals surface area contributed by atoms with Crippen molar-refractivity contribution in [3.63, 3.8) is 0 Å². The maximum absolute atomic E-state index is 3.71. The van der Waals surface area contributed by atoms with Crippen molar-refractivity contribution in [1.29, 1.82) is 0 Å². The third-order valence-electron chi connectivity index (χ3n) is 4.33. The number of benzene rings is 1. The lowest BCUT2D eigenvalue weighted by molar-refractivity contribution is 0.238. The monoisotopic (exact) mass is 373 g/mol. The van der Waals surface area contributed by atoms with Crippen LogP contribution in [0.5, 0.6) is 0 Å². The number of anilines is 1. The summed E-state index contributed by atoms with van der Waals surface area (Å²) in [5.41, 5.74) is 3.22. The molecule has 0 radical (unpaired) electrons. The van der Waals surface area contributed by atoms with Crippen molar-refractivity contribution in [1.82, 2.24) is 0 Å². The van der Waals surface area contributed by atoms with Crippen molar-refractivity contribution in [2.75, 3.05) is 18.0 Å². The average Bonchev–Trinajstić information content (AvgIpc) is 2.40. The van der Waals surface area contributed by atoms with Gasteiger partial charge < -0.3 is 4.90 Å². The Hall–Kier alpha value is -0.0200. The Bertz CT molecular complexity index is 409. The molecule has 1 heterocycles. The van der Waals surface area contributed by atoms with Crippen molar-refractivity contribution < 1.29 is 0 Å². The lowest BCUT2D eigenvalue weighted by atomic mass is 9.78. The summed E-state index contributed by atoms with van der Waals surface area (Å²) < 4.78 is 1.22. The van der Waals surface area contributed by atoms with Crippen LogP contribution in [0.1, 0.15) is 38.7 Å². The minimum absolute atomic E-state index is 0.554. The zero-order chi connectivity index (χ0) is 13.2. The van der Waals surface area contributed by atoms with Crippen LogP contribution >= 0.6 is 31.9 Å². The van der Waals surface area contributed by atoms with Gasteiger partial charge >= 0.3 is 0 Å². The quantitative estimate of drug-likeness (QED) is 0.643. The molecule has 1 saturated heterocycles. The first kappa shape index (κ1) is 14.4. The van der Waals surface area contributed by atoms with Crippen LogP contribution < -0.4 is 4.90 Å². The molecule has 0 unspecified atom stereocenters. The van der Waals surface area contributed by atoms with E-state index in [4.69, 9.17) is 0 Å². The van der Waals surface area contributed by atoms with E-state index in [1.165, 1.54) is 48.1 Å². The van der Waals surface area contributed by atoms with E-state index < -0.39 is 0 Å². The molecule has 1 aliphatic heterocycles. The Morgan fingerprint density at radius 3 is 2.44 bits per heavy atom. The summed E-state index contributed by atoms with van der Waals surface area (Å²) in [6, 6.07) is 6.68. The van der Waals surface area contributed by atoms with Gasteiger partial charge in [0.2, 0.25) is 0 Å². The fourth-order valence-corrected chi connectivity index (χ4v) is 3.56. The molecule has 1 fully saturated rings. The predicted molar refractivity (Wildman–Crippen MR) is 86.6 cm³/mol. The molecule has 0 aliphatic carbocycles. The van der Waals surface area contributed by atoms with E-state index in [1.54, 1.807) is 0 Å². The Balaban J connectivity index is 2.10. The second-order valence-electron chi connectivity index (χ2n) is 5.57. The van der Waals surface area contributed by atoms with Gasteiger partial charge in [-0.2, -0.15) is 0 Å². The van der Waals surface area contributed by atoms with Gasteiger partial charge in [-0.15, -0.1) is 0 Å². The Kier molecular flexibility index (Phi) is 4.76. The molecule has 0 aromatic heterocycles. The summed E-state index contributed by atoms with van der Waals surface area (Å²) in [7, 11) is 0. The van der Waals surface area contributed by atoms with Gasteiger partial charge in [-0.3, -0.25) is 0 Å². The normalized spacial score (nSPS) is 19.0. The molecule has 3 heteroatoms. The number of rotatable bonds is 3. The lowest BCUT2D eigenvalue weighted by Crippen LogP contribution is -2.38. The standard InChI is InChI=1S/C15H21Br2N/c1-3-15(2)6-8-18(9-7-15)14-5-4-12(11-16)10-13(14)17/h4-5,10H,3,6-9,11H2,1-2H3. The molecule has 0 spiro atoms. The summed E-state index contributed by atoms with van der Waals surface area (Å²) in [6.07, 6.45) is 3.90. The molecule has 100 valence electrons. The average molecular weight is 375 g/mol. The van der Waals surface area contributed by atoms with Crippen LogP contribution in [0, 0.1) is 5.41 Å². The Morgan fingerprint density at radius 1 is 1.28 bits per heavy atom. The van der Waals surface area contributed by atoms with Gasteiger partial charge in [-0.25, -0.2) is 0 Å². The predicted octanol–water partition coefficient (Wildman–Crippen LogP) is 5.36. The maximum atomic E-state index is 3.71. The molecule has 0 N–H and O–H groups in total. The van der Waals surface area contributed by atoms with Crippen LogP contribution in [0.3, 0.4) is 0 Å². The van der Waals surface area contributed by atoms with Crippen molar-refractivity contribution in [3.8, 4) is 0 Å². The highest BCUT2D eigenvalue weighted by Crippen LogP contribution is 2.37. The van der Waals surface area contributed by atoms with Gasteiger partial charge in [0, 0.05) is 22.9 Å². The molecule has 0 amide bonds. The first-order valence-corrected chi connectivity index (χ1v) is 8.59. The van der Waals surface area contributed by atoms with Crippen molar-refractivity contribution in [3.05, 3.63) is 28.2 Å². The van der Waals surface area contributed by atoms with E-state index in [0.29, 0.717) is 5.41 Å². The van der Waals surface area contributed by atoms with Crippen LogP contribution in [0.4, 0.5) is 5.69 Å². The Morgan fingerprint density at radius 2 is 1.94 bits per heavy atom. The first-order valence-electron chi connectivity index (χ1n) is 6.67. The molecular weight excluding hydrogens is 354 g/mol. The number of hydrogen-bond donors (Lipinski definition) is 0. The molecule has 1 nitrogen and oxygen atoms in total. The van der Waals surface area contributed by atoms with Gasteiger partial charge in [-0.1, -0.05) is 42.3 Å². The number of piperidine rings is 1. The zero-order valence-electron chi connectivity index (χ0n) is 11.2. The van der Waals surface area contributed by atoms with Gasteiger partial charge in [0.15, 0.2) is 0 Å². The number of alkyl halides is 1. The third kappa shape index (κ3) is 3.11. The van der Waals surface area contributed by atoms with Gasteiger partial charge in [0.1, 0.15) is 0 Å². The second kappa shape index (κ2) is 5.96. The largest absolute Gasteiger partial charge is 0.371 e. The number of nitrogens with zero attached hydrogens (tertiary/aromatic N) is 1. The highest BCUT2D eigenvalue weighted by atomic mass is 79.9. The van der Waals surface area contributed by atoms with Gasteiger partial charge in [0.25, 0.3) is 0 Å². The van der Waals surface area contributed by atoms with Gasteiger partial charge in [-0.05, 0) is 51.9 Å². The van der Waals surface area contributed by atoms with Crippen LogP contribution in [0.25, 0.3) is 0 Å². The fraction of sp³-hybridized carbons (Fsp3) is 0.600. The van der Waals surface area contributed by atoms with E-state index in [-0.39, 0.29) is 0 Å². The molecule has 0 saturated carbocycles. The Labute approximate surface area is 127 Å². The van der Waals surface area contributed by atoms with Crippen molar-refractivity contribution in [2.24, 2.45) is 5.41 Å². The summed E-state index contributed by atoms with van der Waals surface area (Å²) in [6.45, 7) is 7.09. The van der Waals surface area contributed by atoms with E-state index in [1.807, 2.05) is 0 Å². The SMILES string of the molecule is CCC1(C)CCN(c2ccc(CBr)cc2Br)CC1. The summed E-state index contributed by atoms with van der Waals surface area (Å²) in [5.74, 6) is 0. The molecule has 1 aliphatic rings. The highest BCUT2D eigenvalue weighted by molar-refractivity contribution is 9.10. The summed E-state index contributed by atoms with van der Waals surface area (Å²) in [4.78, 5) is 2.51. The molecule has 1 aromatic rings. The number of halogens is 2. The fourth-order valence-electron chi connectivity index (χ4n) is 2.53. The van der Waals surface area contributed by atoms with Crippen molar-refractivity contribution in [2.45, 2.75) is 38.4 Å². The summed E-state index contributed by atoms with van der Waals surface area (Å²) in [5, 5.41) is 0.916. The van der Waals surface area contributed by atoms with E-state index >= 15 is 0 Å². The van der Waals surface area contributed by atoms with Crippen LogP contribution in [0.15, 0.2) is 22.7 Å². The highest BCUT2D eigenvalue weighted by Gasteiger charge is 2.28. The second-order valence-corrected chi connectivity index (χ2v) is 6.99. The minimum Gasteiger partial charge on any atom is -0.371 e. The lowest BCUT2D eigenvalue weighted by Gasteiger charge is -2.40. The van der Waals surface area contributed by atoms with E-state index in [0.717, 1.165) is 5.33 Å². The molecule has 0 atom stereocenters. The zero-order valence-corrected chi connectivity index (χ0v) is 14.3. The molecule has 1 aromatic carbocycles. The third-order valence-corrected chi connectivity index (χ3v) is 5.61. The van der Waals surface area contributed by atoms with Crippen LogP contribution in [-0.4, -0.2) is 13.1 Å². The topological polar surface area (TPSA) is 3.24 Å².